The van der Waals surface area contributed by atoms with Crippen molar-refractivity contribution in [3.63, 3.8) is 0 Å². The van der Waals surface area contributed by atoms with Crippen LogP contribution in [0.25, 0.3) is 0 Å². The van der Waals surface area contributed by atoms with Gasteiger partial charge in [0.05, 0.1) is 0 Å². The van der Waals surface area contributed by atoms with Gasteiger partial charge in [-0.15, -0.1) is 0 Å². The third-order valence-electron chi connectivity index (χ3n) is 2.40. The Labute approximate surface area is 107 Å². The van der Waals surface area contributed by atoms with E-state index in [2.05, 4.69) is 4.72 Å². The number of primary amides is 1. The number of nitrogens with two attached hydrogens (primary N) is 1. The van der Waals surface area contributed by atoms with Gasteiger partial charge in [-0.3, -0.25) is 4.79 Å². The maximum atomic E-state index is 11.6. The van der Waals surface area contributed by atoms with Crippen LogP contribution in [0.1, 0.15) is 5.56 Å². The van der Waals surface area contributed by atoms with E-state index in [4.69, 9.17) is 5.73 Å². The normalized spacial score (nSPS) is 13.5. The highest BCUT2D eigenvalue weighted by molar-refractivity contribution is 7.87. The summed E-state index contributed by atoms with van der Waals surface area (Å²) >= 11 is 0. The summed E-state index contributed by atoms with van der Waals surface area (Å²) in [5.74, 6) is -0.704. The maximum Gasteiger partial charge on any atom is 0.279 e. The average molecular weight is 271 g/mol. The molecule has 0 aliphatic rings. The van der Waals surface area contributed by atoms with E-state index in [1.54, 1.807) is 12.1 Å². The molecule has 0 saturated heterocycles. The van der Waals surface area contributed by atoms with Crippen molar-refractivity contribution in [2.45, 2.75) is 12.5 Å². The van der Waals surface area contributed by atoms with Crippen molar-refractivity contribution in [3.05, 3.63) is 35.9 Å². The maximum absolute atomic E-state index is 11.6. The first-order valence-corrected chi connectivity index (χ1v) is 6.80. The fraction of sp³-hybridized carbons (Fsp3) is 0.364. The molecule has 0 bridgehead atoms. The molecule has 1 unspecified atom stereocenters. The van der Waals surface area contributed by atoms with Crippen LogP contribution in [-0.2, 0) is 21.4 Å². The molecule has 1 rings (SSSR count). The number of rotatable bonds is 6. The molecule has 1 amide bonds. The van der Waals surface area contributed by atoms with Gasteiger partial charge in [-0.2, -0.15) is 17.4 Å². The van der Waals surface area contributed by atoms with Crippen molar-refractivity contribution < 1.29 is 13.2 Å². The van der Waals surface area contributed by atoms with Crippen molar-refractivity contribution in [2.75, 3.05) is 14.1 Å². The van der Waals surface area contributed by atoms with Crippen LogP contribution < -0.4 is 10.5 Å². The summed E-state index contributed by atoms with van der Waals surface area (Å²) in [5, 5.41) is 0. The predicted molar refractivity (Wildman–Crippen MR) is 68.9 cm³/mol. The van der Waals surface area contributed by atoms with Crippen molar-refractivity contribution >= 4 is 16.1 Å². The van der Waals surface area contributed by atoms with Gasteiger partial charge < -0.3 is 5.73 Å². The van der Waals surface area contributed by atoms with Gasteiger partial charge in [0.2, 0.25) is 5.91 Å². The van der Waals surface area contributed by atoms with Gasteiger partial charge in [-0.05, 0) is 12.0 Å². The van der Waals surface area contributed by atoms with E-state index in [0.717, 1.165) is 9.87 Å². The topological polar surface area (TPSA) is 92.5 Å². The molecule has 1 aromatic carbocycles. The molecule has 0 radical (unpaired) electrons. The molecular weight excluding hydrogens is 254 g/mol. The Morgan fingerprint density at radius 2 is 1.89 bits per heavy atom. The molecule has 1 aromatic rings. The lowest BCUT2D eigenvalue weighted by Gasteiger charge is -2.18. The highest BCUT2D eigenvalue weighted by atomic mass is 32.2. The molecule has 7 heteroatoms. The fourth-order valence-electron chi connectivity index (χ4n) is 1.34. The summed E-state index contributed by atoms with van der Waals surface area (Å²) in [5.41, 5.74) is 6.04. The van der Waals surface area contributed by atoms with Gasteiger partial charge in [0, 0.05) is 14.1 Å². The molecule has 0 spiro atoms. The van der Waals surface area contributed by atoms with Crippen LogP contribution in [0.15, 0.2) is 30.3 Å². The zero-order valence-corrected chi connectivity index (χ0v) is 11.1. The van der Waals surface area contributed by atoms with Gasteiger partial charge >= 0.3 is 0 Å². The van der Waals surface area contributed by atoms with Crippen LogP contribution in [0.3, 0.4) is 0 Å². The molecule has 0 aliphatic heterocycles. The van der Waals surface area contributed by atoms with Crippen molar-refractivity contribution in [2.24, 2.45) is 5.73 Å². The minimum Gasteiger partial charge on any atom is -0.368 e. The largest absolute Gasteiger partial charge is 0.368 e. The van der Waals surface area contributed by atoms with Crippen LogP contribution in [0, 0.1) is 0 Å². The third-order valence-corrected chi connectivity index (χ3v) is 3.94. The zero-order chi connectivity index (χ0) is 13.8. The van der Waals surface area contributed by atoms with E-state index < -0.39 is 22.2 Å². The number of nitrogens with zero attached hydrogens (tertiary/aromatic N) is 1. The van der Waals surface area contributed by atoms with Gasteiger partial charge in [0.1, 0.15) is 6.04 Å². The monoisotopic (exact) mass is 271 g/mol. The Kier molecular flexibility index (Phi) is 4.83. The van der Waals surface area contributed by atoms with Crippen molar-refractivity contribution in [1.82, 2.24) is 9.03 Å². The minimum atomic E-state index is -3.68. The molecule has 1 atom stereocenters. The molecule has 18 heavy (non-hydrogen) atoms. The smallest absolute Gasteiger partial charge is 0.279 e. The number of carbonyl (C=O) groups excluding carboxylic acids is 1. The van der Waals surface area contributed by atoms with Gasteiger partial charge in [-0.25, -0.2) is 0 Å². The van der Waals surface area contributed by atoms with Crippen molar-refractivity contribution in [1.29, 1.82) is 0 Å². The summed E-state index contributed by atoms with van der Waals surface area (Å²) in [6, 6.07) is 8.12. The number of nitrogens with one attached hydrogen (secondary N) is 1. The average Bonchev–Trinajstić information content (AvgIpc) is 2.29. The van der Waals surface area contributed by atoms with E-state index in [-0.39, 0.29) is 6.42 Å². The second kappa shape index (κ2) is 5.94. The number of benzene rings is 1. The van der Waals surface area contributed by atoms with E-state index in [1.807, 2.05) is 18.2 Å². The summed E-state index contributed by atoms with van der Waals surface area (Å²) in [6.45, 7) is 0. The van der Waals surface area contributed by atoms with Crippen LogP contribution >= 0.6 is 0 Å². The van der Waals surface area contributed by atoms with Gasteiger partial charge in [0.15, 0.2) is 0 Å². The van der Waals surface area contributed by atoms with Gasteiger partial charge in [-0.1, -0.05) is 30.3 Å². The number of hydrogen-bond donors (Lipinski definition) is 2. The van der Waals surface area contributed by atoms with E-state index >= 15 is 0 Å². The fourth-order valence-corrected chi connectivity index (χ4v) is 2.11. The lowest BCUT2D eigenvalue weighted by Crippen LogP contribution is -2.49. The Morgan fingerprint density at radius 3 is 2.33 bits per heavy atom. The first-order valence-electron chi connectivity index (χ1n) is 5.36. The summed E-state index contributed by atoms with van der Waals surface area (Å²) in [6.07, 6.45) is 0.225. The highest BCUT2D eigenvalue weighted by Crippen LogP contribution is 2.04. The minimum absolute atomic E-state index is 0.225. The van der Waals surface area contributed by atoms with Crippen LogP contribution in [0.5, 0.6) is 0 Å². The van der Waals surface area contributed by atoms with E-state index in [0.29, 0.717) is 0 Å². The summed E-state index contributed by atoms with van der Waals surface area (Å²) in [7, 11) is -0.924. The van der Waals surface area contributed by atoms with Gasteiger partial charge in [0.25, 0.3) is 10.2 Å². The number of amides is 1. The molecule has 0 saturated carbocycles. The lowest BCUT2D eigenvalue weighted by molar-refractivity contribution is -0.119. The molecule has 100 valence electrons. The number of carbonyl (C=O) groups is 1. The molecule has 0 aromatic heterocycles. The summed E-state index contributed by atoms with van der Waals surface area (Å²) < 4.78 is 26.5. The molecule has 0 aliphatic carbocycles. The summed E-state index contributed by atoms with van der Waals surface area (Å²) in [4.78, 5) is 11.3. The third kappa shape index (κ3) is 4.10. The van der Waals surface area contributed by atoms with Crippen LogP contribution in [-0.4, -0.2) is 38.8 Å². The number of hydrogen-bond acceptors (Lipinski definition) is 3. The Balaban J connectivity index is 2.83. The molecular formula is C11H17N3O3S. The molecule has 0 fully saturated rings. The molecule has 3 N–H and O–H groups in total. The first kappa shape index (κ1) is 14.6. The predicted octanol–water partition coefficient (Wildman–Crippen LogP) is -0.521. The zero-order valence-electron chi connectivity index (χ0n) is 10.3. The molecule has 6 nitrogen and oxygen atoms in total. The van der Waals surface area contributed by atoms with E-state index in [1.165, 1.54) is 14.1 Å². The lowest BCUT2D eigenvalue weighted by atomic mass is 10.1. The van der Waals surface area contributed by atoms with Crippen LogP contribution in [0.2, 0.25) is 0 Å². The Bertz CT molecular complexity index is 500. The van der Waals surface area contributed by atoms with E-state index in [9.17, 15) is 13.2 Å². The molecule has 0 heterocycles. The Hall–Kier alpha value is -1.44. The quantitative estimate of drug-likeness (QED) is 0.729. The SMILES string of the molecule is CN(C)S(=O)(=O)NC(Cc1ccccc1)C(N)=O. The second-order valence-corrected chi connectivity index (χ2v) is 5.97. The van der Waals surface area contributed by atoms with Crippen molar-refractivity contribution in [3.8, 4) is 0 Å². The highest BCUT2D eigenvalue weighted by Gasteiger charge is 2.24. The standard InChI is InChI=1S/C11H17N3O3S/c1-14(2)18(16,17)13-10(11(12)15)8-9-6-4-3-5-7-9/h3-7,10,13H,8H2,1-2H3,(H2,12,15). The Morgan fingerprint density at radius 1 is 1.33 bits per heavy atom. The first-order chi connectivity index (χ1) is 8.33. The van der Waals surface area contributed by atoms with Crippen LogP contribution in [0.4, 0.5) is 0 Å². The second-order valence-electron chi connectivity index (χ2n) is 4.05.